The maximum atomic E-state index is 13.4. The number of amides is 1. The number of carbonyl (C=O) groups is 2. The summed E-state index contributed by atoms with van der Waals surface area (Å²) >= 11 is 9.06. The number of rotatable bonds is 5. The molecule has 2 N–H and O–H groups in total. The van der Waals surface area contributed by atoms with Crippen LogP contribution >= 0.6 is 34.7 Å². The van der Waals surface area contributed by atoms with Crippen molar-refractivity contribution in [1.82, 2.24) is 10.6 Å². The van der Waals surface area contributed by atoms with E-state index in [9.17, 15) is 9.59 Å². The second kappa shape index (κ2) is 9.50. The molecule has 5 nitrogen and oxygen atoms in total. The van der Waals surface area contributed by atoms with Gasteiger partial charge < -0.3 is 15.5 Å². The fraction of sp³-hybridized carbons (Fsp3) is 0.280. The number of Topliss-reactive ketones (excluding diaryl/α,β-unsaturated/α-hetero) is 1. The van der Waals surface area contributed by atoms with E-state index in [1.807, 2.05) is 47.2 Å². The van der Waals surface area contributed by atoms with Gasteiger partial charge in [-0.2, -0.15) is 11.3 Å². The lowest BCUT2D eigenvalue weighted by atomic mass is 9.77. The molecule has 2 aliphatic heterocycles. The molecule has 2 unspecified atom stereocenters. The molecular formula is C25H24ClN3O2S2. The van der Waals surface area contributed by atoms with Crippen LogP contribution < -0.4 is 15.5 Å². The standard InChI is InChI=1S/C25H24ClN3O2S2/c26-20-3-1-2-4-22(20)33-23-21(30)15-25(28-24(23)31,18-9-14-32-16-18)17-5-7-19(8-6-17)29-12-10-27-11-13-29/h1-9,14,16,23,27H,10-13,15H2,(H,28,31). The monoisotopic (exact) mass is 497 g/mol. The molecule has 2 saturated heterocycles. The van der Waals surface area contributed by atoms with Crippen molar-refractivity contribution in [3.05, 3.63) is 81.5 Å². The van der Waals surface area contributed by atoms with E-state index in [0.717, 1.165) is 47.9 Å². The quantitative estimate of drug-likeness (QED) is 0.514. The summed E-state index contributed by atoms with van der Waals surface area (Å²) < 4.78 is 0. The normalized spacial score (nSPS) is 23.4. The number of piperidine rings is 1. The zero-order chi connectivity index (χ0) is 22.8. The van der Waals surface area contributed by atoms with E-state index in [0.29, 0.717) is 5.02 Å². The number of anilines is 1. The van der Waals surface area contributed by atoms with Crippen molar-refractivity contribution in [3.63, 3.8) is 0 Å². The van der Waals surface area contributed by atoms with Crippen LogP contribution in [0.25, 0.3) is 0 Å². The van der Waals surface area contributed by atoms with Gasteiger partial charge >= 0.3 is 0 Å². The maximum absolute atomic E-state index is 13.4. The van der Waals surface area contributed by atoms with Crippen LogP contribution in [0, 0.1) is 0 Å². The third-order valence-corrected chi connectivity index (χ3v) is 8.69. The van der Waals surface area contributed by atoms with Crippen molar-refractivity contribution in [2.45, 2.75) is 22.1 Å². The number of hydrogen-bond acceptors (Lipinski definition) is 6. The van der Waals surface area contributed by atoms with Crippen LogP contribution in [0.5, 0.6) is 0 Å². The molecule has 2 aromatic carbocycles. The van der Waals surface area contributed by atoms with E-state index < -0.39 is 10.8 Å². The van der Waals surface area contributed by atoms with Gasteiger partial charge in [0, 0.05) is 43.2 Å². The highest BCUT2D eigenvalue weighted by Crippen LogP contribution is 2.41. The van der Waals surface area contributed by atoms with E-state index in [4.69, 9.17) is 11.6 Å². The second-order valence-electron chi connectivity index (χ2n) is 8.26. The zero-order valence-corrected chi connectivity index (χ0v) is 20.3. The summed E-state index contributed by atoms with van der Waals surface area (Å²) in [5.74, 6) is -0.380. The molecule has 170 valence electrons. The van der Waals surface area contributed by atoms with Crippen molar-refractivity contribution in [2.24, 2.45) is 0 Å². The minimum Gasteiger partial charge on any atom is -0.369 e. The number of nitrogens with zero attached hydrogens (tertiary/aromatic N) is 1. The lowest BCUT2D eigenvalue weighted by Crippen LogP contribution is -2.58. The van der Waals surface area contributed by atoms with Gasteiger partial charge in [0.2, 0.25) is 5.91 Å². The number of hydrogen-bond donors (Lipinski definition) is 2. The molecule has 1 amide bonds. The summed E-state index contributed by atoms with van der Waals surface area (Å²) in [6, 6.07) is 17.6. The first-order valence-electron chi connectivity index (χ1n) is 10.9. The first kappa shape index (κ1) is 22.5. The van der Waals surface area contributed by atoms with Gasteiger partial charge in [-0.25, -0.2) is 0 Å². The molecular weight excluding hydrogens is 474 g/mol. The predicted octanol–water partition coefficient (Wildman–Crippen LogP) is 4.30. The smallest absolute Gasteiger partial charge is 0.242 e. The van der Waals surface area contributed by atoms with Gasteiger partial charge in [0.25, 0.3) is 0 Å². The number of halogens is 1. The maximum Gasteiger partial charge on any atom is 0.242 e. The Hall–Kier alpha value is -2.32. The summed E-state index contributed by atoms with van der Waals surface area (Å²) in [7, 11) is 0. The fourth-order valence-electron chi connectivity index (χ4n) is 4.51. The number of ketones is 1. The van der Waals surface area contributed by atoms with Gasteiger partial charge in [0.15, 0.2) is 5.78 Å². The van der Waals surface area contributed by atoms with Crippen LogP contribution in [0.1, 0.15) is 17.5 Å². The molecule has 1 aromatic heterocycles. The van der Waals surface area contributed by atoms with E-state index in [1.54, 1.807) is 17.4 Å². The Kier molecular flexibility index (Phi) is 6.47. The Morgan fingerprint density at radius 1 is 1.00 bits per heavy atom. The molecule has 0 radical (unpaired) electrons. The highest BCUT2D eigenvalue weighted by Gasteiger charge is 2.47. The second-order valence-corrected chi connectivity index (χ2v) is 10.6. The largest absolute Gasteiger partial charge is 0.369 e. The Bertz CT molecular complexity index is 1130. The topological polar surface area (TPSA) is 61.4 Å². The number of benzene rings is 2. The Labute approximate surface area is 206 Å². The number of piperazine rings is 1. The predicted molar refractivity (Wildman–Crippen MR) is 135 cm³/mol. The Balaban J connectivity index is 1.45. The summed E-state index contributed by atoms with van der Waals surface area (Å²) in [6.07, 6.45) is 0.199. The number of nitrogens with one attached hydrogen (secondary N) is 2. The molecule has 33 heavy (non-hydrogen) atoms. The summed E-state index contributed by atoms with van der Waals surface area (Å²) in [5, 5.41) is 10.3. The van der Waals surface area contributed by atoms with Crippen molar-refractivity contribution < 1.29 is 9.59 Å². The van der Waals surface area contributed by atoms with Gasteiger partial charge in [0.05, 0.1) is 10.6 Å². The van der Waals surface area contributed by atoms with Crippen molar-refractivity contribution in [2.75, 3.05) is 31.1 Å². The number of carbonyl (C=O) groups excluding carboxylic acids is 2. The van der Waals surface area contributed by atoms with E-state index in [-0.39, 0.29) is 18.1 Å². The van der Waals surface area contributed by atoms with Crippen molar-refractivity contribution in [3.8, 4) is 0 Å². The van der Waals surface area contributed by atoms with Crippen LogP contribution in [-0.4, -0.2) is 43.1 Å². The minimum absolute atomic E-state index is 0.0962. The van der Waals surface area contributed by atoms with Gasteiger partial charge in [-0.05, 0) is 52.2 Å². The van der Waals surface area contributed by atoms with Gasteiger partial charge in [-0.15, -0.1) is 11.8 Å². The number of thiophene rings is 1. The SMILES string of the molecule is O=C1CC(c2ccc(N3CCNCC3)cc2)(c2ccsc2)NC(=O)C1Sc1ccccc1Cl. The highest BCUT2D eigenvalue weighted by molar-refractivity contribution is 8.01. The van der Waals surface area contributed by atoms with Crippen LogP contribution in [0.4, 0.5) is 5.69 Å². The van der Waals surface area contributed by atoms with Crippen molar-refractivity contribution >= 4 is 52.1 Å². The lowest BCUT2D eigenvalue weighted by molar-refractivity contribution is -0.132. The summed E-state index contributed by atoms with van der Waals surface area (Å²) in [6.45, 7) is 3.86. The average Bonchev–Trinajstić information content (AvgIpc) is 3.39. The fourth-order valence-corrected chi connectivity index (χ4v) is 6.48. The van der Waals surface area contributed by atoms with Crippen molar-refractivity contribution in [1.29, 1.82) is 0 Å². The molecule has 0 aliphatic carbocycles. The Morgan fingerprint density at radius 2 is 1.76 bits per heavy atom. The molecule has 2 aliphatic rings. The third-order valence-electron chi connectivity index (χ3n) is 6.24. The van der Waals surface area contributed by atoms with Gasteiger partial charge in [-0.3, -0.25) is 9.59 Å². The minimum atomic E-state index is -0.867. The first-order valence-corrected chi connectivity index (χ1v) is 13.1. The molecule has 0 bridgehead atoms. The molecule has 3 aromatic rings. The van der Waals surface area contributed by atoms with Crippen LogP contribution in [0.3, 0.4) is 0 Å². The van der Waals surface area contributed by atoms with E-state index >= 15 is 0 Å². The molecule has 8 heteroatoms. The van der Waals surface area contributed by atoms with Crippen LogP contribution in [0.2, 0.25) is 5.02 Å². The number of thioether (sulfide) groups is 1. The molecule has 5 rings (SSSR count). The summed E-state index contributed by atoms with van der Waals surface area (Å²) in [4.78, 5) is 29.8. The van der Waals surface area contributed by atoms with Gasteiger partial charge in [-0.1, -0.05) is 35.9 Å². The van der Waals surface area contributed by atoms with E-state index in [1.165, 1.54) is 11.8 Å². The van der Waals surface area contributed by atoms with Crippen LogP contribution in [-0.2, 0) is 15.1 Å². The van der Waals surface area contributed by atoms with E-state index in [2.05, 4.69) is 27.7 Å². The van der Waals surface area contributed by atoms with Crippen LogP contribution in [0.15, 0.2) is 70.3 Å². The zero-order valence-electron chi connectivity index (χ0n) is 17.9. The first-order chi connectivity index (χ1) is 16.1. The average molecular weight is 498 g/mol. The Morgan fingerprint density at radius 3 is 2.42 bits per heavy atom. The van der Waals surface area contributed by atoms with Gasteiger partial charge in [0.1, 0.15) is 5.25 Å². The molecule has 2 fully saturated rings. The highest BCUT2D eigenvalue weighted by atomic mass is 35.5. The summed E-state index contributed by atoms with van der Waals surface area (Å²) in [5.41, 5.74) is 2.14. The lowest BCUT2D eigenvalue weighted by Gasteiger charge is -2.40. The third kappa shape index (κ3) is 4.43. The molecule has 0 saturated carbocycles. The molecule has 0 spiro atoms. The molecule has 2 atom stereocenters. The molecule has 3 heterocycles.